The maximum Gasteiger partial charge on any atom is 0.163 e. The van der Waals surface area contributed by atoms with Crippen LogP contribution in [-0.2, 0) is 13.7 Å². The third-order valence-corrected chi connectivity index (χ3v) is 3.63. The lowest BCUT2D eigenvalue weighted by Crippen LogP contribution is -2.06. The Labute approximate surface area is 123 Å². The predicted molar refractivity (Wildman–Crippen MR) is 78.5 cm³/mol. The maximum atomic E-state index is 11.6. The molecule has 2 rings (SSSR count). The summed E-state index contributed by atoms with van der Waals surface area (Å²) < 4.78 is 7.47. The summed E-state index contributed by atoms with van der Waals surface area (Å²) in [5.74, 6) is 0.555. The first-order chi connectivity index (χ1) is 9.40. The van der Waals surface area contributed by atoms with Gasteiger partial charge in [0.1, 0.15) is 12.4 Å². The Balaban J connectivity index is 2.27. The van der Waals surface area contributed by atoms with E-state index in [9.17, 15) is 4.79 Å². The monoisotopic (exact) mass is 292 g/mol. The van der Waals surface area contributed by atoms with E-state index in [-0.39, 0.29) is 12.4 Å². The van der Waals surface area contributed by atoms with Crippen LogP contribution in [0.4, 0.5) is 0 Å². The average Bonchev–Trinajstić information content (AvgIpc) is 2.61. The standard InChI is InChI=1S/C15H17ClN2O2/c1-9-5-6-12(11(3)19)14(7-9)20-8-13-15(16)10(2)17-18(13)4/h5-7H,8H2,1-4H3. The van der Waals surface area contributed by atoms with Crippen LogP contribution in [0.3, 0.4) is 0 Å². The minimum Gasteiger partial charge on any atom is -0.486 e. The molecule has 0 saturated carbocycles. The summed E-state index contributed by atoms with van der Waals surface area (Å²) in [6.45, 7) is 5.61. The van der Waals surface area contributed by atoms with Crippen molar-refractivity contribution in [3.8, 4) is 5.75 Å². The second-order valence-corrected chi connectivity index (χ2v) is 5.19. The van der Waals surface area contributed by atoms with Gasteiger partial charge in [-0.2, -0.15) is 5.10 Å². The fourth-order valence-corrected chi connectivity index (χ4v) is 2.24. The Morgan fingerprint density at radius 2 is 2.10 bits per heavy atom. The van der Waals surface area contributed by atoms with E-state index in [1.165, 1.54) is 6.92 Å². The zero-order valence-electron chi connectivity index (χ0n) is 12.0. The quantitative estimate of drug-likeness (QED) is 0.811. The molecule has 0 amide bonds. The van der Waals surface area contributed by atoms with E-state index in [2.05, 4.69) is 5.10 Å². The van der Waals surface area contributed by atoms with Crippen molar-refractivity contribution in [2.24, 2.45) is 7.05 Å². The number of ether oxygens (including phenoxy) is 1. The highest BCUT2D eigenvalue weighted by Gasteiger charge is 2.14. The zero-order chi connectivity index (χ0) is 14.9. The number of hydrogen-bond acceptors (Lipinski definition) is 3. The number of hydrogen-bond donors (Lipinski definition) is 0. The molecular weight excluding hydrogens is 276 g/mol. The van der Waals surface area contributed by atoms with E-state index >= 15 is 0 Å². The van der Waals surface area contributed by atoms with E-state index in [0.717, 1.165) is 17.0 Å². The molecule has 1 heterocycles. The molecule has 0 fully saturated rings. The summed E-state index contributed by atoms with van der Waals surface area (Å²) in [7, 11) is 1.82. The van der Waals surface area contributed by atoms with Gasteiger partial charge in [0.05, 0.1) is 22.0 Å². The van der Waals surface area contributed by atoms with Crippen molar-refractivity contribution >= 4 is 17.4 Å². The highest BCUT2D eigenvalue weighted by Crippen LogP contribution is 2.25. The summed E-state index contributed by atoms with van der Waals surface area (Å²) in [6.07, 6.45) is 0. The molecule has 0 aliphatic heterocycles. The molecule has 0 aliphatic rings. The largest absolute Gasteiger partial charge is 0.486 e. The SMILES string of the molecule is CC(=O)c1ccc(C)cc1OCc1c(Cl)c(C)nn1C. The van der Waals surface area contributed by atoms with Crippen LogP contribution in [0.25, 0.3) is 0 Å². The molecule has 1 aromatic heterocycles. The van der Waals surface area contributed by atoms with Gasteiger partial charge in [-0.1, -0.05) is 17.7 Å². The van der Waals surface area contributed by atoms with Crippen molar-refractivity contribution in [3.05, 3.63) is 45.7 Å². The Hall–Kier alpha value is -1.81. The second kappa shape index (κ2) is 5.67. The third-order valence-electron chi connectivity index (χ3n) is 3.14. The van der Waals surface area contributed by atoms with Gasteiger partial charge in [-0.25, -0.2) is 0 Å². The molecule has 20 heavy (non-hydrogen) atoms. The summed E-state index contributed by atoms with van der Waals surface area (Å²) in [5.41, 5.74) is 3.17. The number of carbonyl (C=O) groups excluding carboxylic acids is 1. The summed E-state index contributed by atoms with van der Waals surface area (Å²) in [4.78, 5) is 11.6. The van der Waals surface area contributed by atoms with Gasteiger partial charge in [-0.15, -0.1) is 0 Å². The predicted octanol–water partition coefficient (Wildman–Crippen LogP) is 3.47. The minimum atomic E-state index is -0.0210. The first-order valence-electron chi connectivity index (χ1n) is 6.32. The van der Waals surface area contributed by atoms with Crippen molar-refractivity contribution in [1.29, 1.82) is 0 Å². The van der Waals surface area contributed by atoms with E-state index in [0.29, 0.717) is 16.3 Å². The molecule has 0 aliphatic carbocycles. The molecule has 0 N–H and O–H groups in total. The van der Waals surface area contributed by atoms with E-state index < -0.39 is 0 Å². The van der Waals surface area contributed by atoms with Crippen molar-refractivity contribution in [2.45, 2.75) is 27.4 Å². The van der Waals surface area contributed by atoms with Gasteiger partial charge in [0.25, 0.3) is 0 Å². The van der Waals surface area contributed by atoms with E-state index in [1.54, 1.807) is 10.7 Å². The number of aryl methyl sites for hydroxylation is 3. The van der Waals surface area contributed by atoms with Crippen LogP contribution < -0.4 is 4.74 Å². The van der Waals surface area contributed by atoms with Gasteiger partial charge >= 0.3 is 0 Å². The number of ketones is 1. The number of aromatic nitrogens is 2. The van der Waals surface area contributed by atoms with E-state index in [1.807, 2.05) is 33.0 Å². The summed E-state index contributed by atoms with van der Waals surface area (Å²) in [5, 5.41) is 4.84. The Morgan fingerprint density at radius 1 is 1.40 bits per heavy atom. The highest BCUT2D eigenvalue weighted by molar-refractivity contribution is 6.31. The molecule has 4 nitrogen and oxygen atoms in total. The third kappa shape index (κ3) is 2.85. The molecule has 0 bridgehead atoms. The number of carbonyl (C=O) groups is 1. The number of halogens is 1. The number of benzene rings is 1. The highest BCUT2D eigenvalue weighted by atomic mass is 35.5. The lowest BCUT2D eigenvalue weighted by molar-refractivity contribution is 0.101. The Kier molecular flexibility index (Phi) is 4.14. The Bertz CT molecular complexity index is 662. The van der Waals surface area contributed by atoms with Crippen molar-refractivity contribution in [3.63, 3.8) is 0 Å². The van der Waals surface area contributed by atoms with Gasteiger partial charge in [0.15, 0.2) is 5.78 Å². The van der Waals surface area contributed by atoms with Gasteiger partial charge in [0.2, 0.25) is 0 Å². The van der Waals surface area contributed by atoms with Crippen LogP contribution in [0, 0.1) is 13.8 Å². The van der Waals surface area contributed by atoms with Crippen LogP contribution in [0.1, 0.15) is 34.2 Å². The van der Waals surface area contributed by atoms with Crippen LogP contribution >= 0.6 is 11.6 Å². The smallest absolute Gasteiger partial charge is 0.163 e. The van der Waals surface area contributed by atoms with Gasteiger partial charge in [0, 0.05) is 7.05 Å². The molecular formula is C15H17ClN2O2. The zero-order valence-corrected chi connectivity index (χ0v) is 12.8. The van der Waals surface area contributed by atoms with Crippen molar-refractivity contribution in [2.75, 3.05) is 0 Å². The van der Waals surface area contributed by atoms with Crippen LogP contribution in [0.5, 0.6) is 5.75 Å². The maximum absolute atomic E-state index is 11.6. The molecule has 0 atom stereocenters. The average molecular weight is 293 g/mol. The molecule has 0 unspecified atom stereocenters. The van der Waals surface area contributed by atoms with Crippen LogP contribution in [0.2, 0.25) is 5.02 Å². The van der Waals surface area contributed by atoms with E-state index in [4.69, 9.17) is 16.3 Å². The molecule has 106 valence electrons. The van der Waals surface area contributed by atoms with Gasteiger partial charge in [-0.05, 0) is 38.5 Å². The normalized spacial score (nSPS) is 10.7. The fraction of sp³-hybridized carbons (Fsp3) is 0.333. The molecule has 0 spiro atoms. The molecule has 0 radical (unpaired) electrons. The Morgan fingerprint density at radius 3 is 2.65 bits per heavy atom. The number of Topliss-reactive ketones (excluding diaryl/α,β-unsaturated/α-hetero) is 1. The fourth-order valence-electron chi connectivity index (χ4n) is 2.02. The molecule has 1 aromatic carbocycles. The second-order valence-electron chi connectivity index (χ2n) is 4.81. The first-order valence-corrected chi connectivity index (χ1v) is 6.70. The number of nitrogens with zero attached hydrogens (tertiary/aromatic N) is 2. The van der Waals surface area contributed by atoms with Crippen LogP contribution in [0.15, 0.2) is 18.2 Å². The molecule has 0 saturated heterocycles. The van der Waals surface area contributed by atoms with Crippen molar-refractivity contribution < 1.29 is 9.53 Å². The summed E-state index contributed by atoms with van der Waals surface area (Å²) >= 11 is 6.18. The summed E-state index contributed by atoms with van der Waals surface area (Å²) in [6, 6.07) is 5.53. The minimum absolute atomic E-state index is 0.0210. The topological polar surface area (TPSA) is 44.1 Å². The molecule has 2 aromatic rings. The first kappa shape index (κ1) is 14.6. The van der Waals surface area contributed by atoms with Gasteiger partial charge in [-0.3, -0.25) is 9.48 Å². The lowest BCUT2D eigenvalue weighted by atomic mass is 10.1. The molecule has 5 heteroatoms. The van der Waals surface area contributed by atoms with Crippen molar-refractivity contribution in [1.82, 2.24) is 9.78 Å². The van der Waals surface area contributed by atoms with Crippen LogP contribution in [-0.4, -0.2) is 15.6 Å². The van der Waals surface area contributed by atoms with Gasteiger partial charge < -0.3 is 4.74 Å². The number of rotatable bonds is 4. The lowest BCUT2D eigenvalue weighted by Gasteiger charge is -2.11.